The summed E-state index contributed by atoms with van der Waals surface area (Å²) in [6.45, 7) is 0. The number of hydrogen-bond acceptors (Lipinski definition) is 2. The maximum absolute atomic E-state index is 10.5. The second-order valence-corrected chi connectivity index (χ2v) is 10.2. The van der Waals surface area contributed by atoms with Crippen molar-refractivity contribution >= 4 is 34.4 Å². The van der Waals surface area contributed by atoms with Crippen molar-refractivity contribution in [3.8, 4) is 0 Å². The Hall–Kier alpha value is -3.43. The number of carboxylic acids is 1. The summed E-state index contributed by atoms with van der Waals surface area (Å²) in [5, 5.41) is 14.3. The van der Waals surface area contributed by atoms with Gasteiger partial charge in [-0.25, -0.2) is 0 Å². The fraction of sp³-hybridized carbons (Fsp3) is 0.0385. The highest BCUT2D eigenvalue weighted by molar-refractivity contribution is 8.01. The van der Waals surface area contributed by atoms with Gasteiger partial charge in [0.05, 0.1) is 0 Å². The number of benzene rings is 4. The van der Waals surface area contributed by atoms with Crippen molar-refractivity contribution in [2.45, 2.75) is 6.18 Å². The third-order valence-corrected chi connectivity index (χ3v) is 9.10. The summed E-state index contributed by atoms with van der Waals surface area (Å²) in [5.41, 5.74) is 0. The zero-order valence-corrected chi connectivity index (χ0v) is 17.8. The molecule has 4 aromatic carbocycles. The van der Waals surface area contributed by atoms with Gasteiger partial charge in [-0.3, -0.25) is 0 Å². The van der Waals surface area contributed by atoms with E-state index in [0.29, 0.717) is 0 Å². The van der Waals surface area contributed by atoms with E-state index in [1.165, 1.54) is 21.2 Å². The average molecular weight is 452 g/mol. The van der Waals surface area contributed by atoms with Gasteiger partial charge in [0, 0.05) is 0 Å². The van der Waals surface area contributed by atoms with Crippen LogP contribution in [0.1, 0.15) is 0 Å². The summed E-state index contributed by atoms with van der Waals surface area (Å²) < 4.78 is 31.5. The Balaban J connectivity index is 0.000000360. The standard InChI is InChI=1S/C24H20P.C2HF3O2/c1-5-13-21(14-6-1)25(22-15-7-2-8-16-22,23-17-9-3-10-18-23)24-19-11-4-12-20-24;3-2(4,5)1(6)7/h1-20H;(H,6,7)/q+1;/p-1. The number of carbonyl (C=O) groups is 1. The van der Waals surface area contributed by atoms with E-state index >= 15 is 0 Å². The van der Waals surface area contributed by atoms with Crippen molar-refractivity contribution < 1.29 is 23.1 Å². The number of alkyl halides is 3. The molecule has 0 aliphatic heterocycles. The lowest BCUT2D eigenvalue weighted by molar-refractivity contribution is -0.344. The van der Waals surface area contributed by atoms with Crippen LogP contribution in [0.3, 0.4) is 0 Å². The predicted octanol–water partition coefficient (Wildman–Crippen LogP) is 3.60. The van der Waals surface area contributed by atoms with E-state index in [1.807, 2.05) is 0 Å². The summed E-state index contributed by atoms with van der Waals surface area (Å²) in [4.78, 5) is 8.78. The number of carboxylic acid groups (broad SMARTS) is 1. The van der Waals surface area contributed by atoms with Crippen LogP contribution in [-0.4, -0.2) is 12.1 Å². The molecule has 0 bridgehead atoms. The highest BCUT2D eigenvalue weighted by Crippen LogP contribution is 2.53. The molecule has 6 heteroatoms. The third-order valence-electron chi connectivity index (χ3n) is 4.81. The quantitative estimate of drug-likeness (QED) is 0.444. The lowest BCUT2D eigenvalue weighted by Crippen LogP contribution is -2.38. The molecule has 2 nitrogen and oxygen atoms in total. The number of rotatable bonds is 4. The molecule has 162 valence electrons. The van der Waals surface area contributed by atoms with Crippen molar-refractivity contribution in [2.75, 3.05) is 0 Å². The van der Waals surface area contributed by atoms with E-state index in [-0.39, 0.29) is 0 Å². The first-order valence-electron chi connectivity index (χ1n) is 9.76. The minimum Gasteiger partial charge on any atom is -0.542 e. The molecule has 0 aromatic heterocycles. The summed E-state index contributed by atoms with van der Waals surface area (Å²) in [5.74, 6) is -3.01. The van der Waals surface area contributed by atoms with Gasteiger partial charge in [-0.15, -0.1) is 0 Å². The van der Waals surface area contributed by atoms with Crippen molar-refractivity contribution in [1.29, 1.82) is 0 Å². The first-order chi connectivity index (χ1) is 15.4. The van der Waals surface area contributed by atoms with E-state index in [2.05, 4.69) is 121 Å². The zero-order chi connectivity index (χ0) is 23.0. The number of halogens is 3. The highest BCUT2D eigenvalue weighted by Gasteiger charge is 2.47. The van der Waals surface area contributed by atoms with Gasteiger partial charge < -0.3 is 9.90 Å². The predicted molar refractivity (Wildman–Crippen MR) is 122 cm³/mol. The summed E-state index contributed by atoms with van der Waals surface area (Å²) in [6.07, 6.45) is -5.19. The number of carbonyl (C=O) groups excluding carboxylic acids is 1. The van der Waals surface area contributed by atoms with E-state index in [0.717, 1.165) is 0 Å². The van der Waals surface area contributed by atoms with Crippen LogP contribution < -0.4 is 26.3 Å². The van der Waals surface area contributed by atoms with Gasteiger partial charge in [0.2, 0.25) is 0 Å². The van der Waals surface area contributed by atoms with Crippen molar-refractivity contribution in [2.24, 2.45) is 0 Å². The van der Waals surface area contributed by atoms with Gasteiger partial charge in [0.15, 0.2) is 0 Å². The Morgan fingerprint density at radius 3 is 0.875 bits per heavy atom. The number of aliphatic carboxylic acids is 1. The average Bonchev–Trinajstić information content (AvgIpc) is 2.82. The first-order valence-corrected chi connectivity index (χ1v) is 11.6. The lowest BCUT2D eigenvalue weighted by Gasteiger charge is -2.27. The van der Waals surface area contributed by atoms with Crippen LogP contribution in [0.15, 0.2) is 121 Å². The molecule has 0 N–H and O–H groups in total. The Kier molecular flexibility index (Phi) is 7.45. The van der Waals surface area contributed by atoms with Crippen LogP contribution in [0.2, 0.25) is 0 Å². The van der Waals surface area contributed by atoms with E-state index in [1.54, 1.807) is 0 Å². The maximum atomic E-state index is 10.5. The Bertz CT molecular complexity index is 954. The normalized spacial score (nSPS) is 11.2. The smallest absolute Gasteiger partial charge is 0.430 e. The molecule has 0 spiro atoms. The van der Waals surface area contributed by atoms with Gasteiger partial charge >= 0.3 is 6.18 Å². The van der Waals surface area contributed by atoms with Crippen LogP contribution in [0.5, 0.6) is 0 Å². The zero-order valence-electron chi connectivity index (χ0n) is 16.9. The van der Waals surface area contributed by atoms with Crippen LogP contribution in [0, 0.1) is 0 Å². The largest absolute Gasteiger partial charge is 0.542 e. The summed E-state index contributed by atoms with van der Waals surface area (Å²) in [7, 11) is -1.91. The highest BCUT2D eigenvalue weighted by atomic mass is 31.2. The van der Waals surface area contributed by atoms with Crippen molar-refractivity contribution in [3.05, 3.63) is 121 Å². The van der Waals surface area contributed by atoms with Crippen molar-refractivity contribution in [3.63, 3.8) is 0 Å². The van der Waals surface area contributed by atoms with Gasteiger partial charge in [0.1, 0.15) is 34.4 Å². The molecule has 0 unspecified atom stereocenters. The Morgan fingerprint density at radius 2 is 0.719 bits per heavy atom. The molecule has 0 fully saturated rings. The minimum absolute atomic E-state index is 1.39. The molecule has 0 aliphatic rings. The van der Waals surface area contributed by atoms with E-state index < -0.39 is 19.4 Å². The molecule has 0 heterocycles. The van der Waals surface area contributed by atoms with Gasteiger partial charge in [-0.2, -0.15) is 13.2 Å². The number of hydrogen-bond donors (Lipinski definition) is 0. The molecular formula is C26H20F3O2P. The summed E-state index contributed by atoms with van der Waals surface area (Å²) >= 11 is 0. The fourth-order valence-corrected chi connectivity index (χ4v) is 7.77. The molecular weight excluding hydrogens is 432 g/mol. The van der Waals surface area contributed by atoms with Gasteiger partial charge in [-0.1, -0.05) is 72.8 Å². The van der Waals surface area contributed by atoms with E-state index in [4.69, 9.17) is 9.90 Å². The first kappa shape index (κ1) is 23.2. The van der Waals surface area contributed by atoms with Crippen LogP contribution >= 0.6 is 7.26 Å². The molecule has 0 aliphatic carbocycles. The molecule has 4 rings (SSSR count). The van der Waals surface area contributed by atoms with Crippen molar-refractivity contribution in [1.82, 2.24) is 0 Å². The van der Waals surface area contributed by atoms with Gasteiger partial charge in [0.25, 0.3) is 0 Å². The van der Waals surface area contributed by atoms with Gasteiger partial charge in [-0.05, 0) is 48.5 Å². The monoisotopic (exact) mass is 452 g/mol. The van der Waals surface area contributed by atoms with E-state index in [9.17, 15) is 13.2 Å². The molecule has 32 heavy (non-hydrogen) atoms. The Morgan fingerprint density at radius 1 is 0.531 bits per heavy atom. The SMILES string of the molecule is O=C([O-])C(F)(F)F.c1ccc([P+](c2ccccc2)(c2ccccc2)c2ccccc2)cc1. The molecule has 0 atom stereocenters. The molecule has 0 amide bonds. The fourth-order valence-electron chi connectivity index (χ4n) is 3.50. The topological polar surface area (TPSA) is 40.1 Å². The second-order valence-electron chi connectivity index (χ2n) is 6.80. The molecule has 4 aromatic rings. The maximum Gasteiger partial charge on any atom is 0.430 e. The lowest BCUT2D eigenvalue weighted by atomic mass is 10.3. The van der Waals surface area contributed by atoms with Crippen LogP contribution in [-0.2, 0) is 4.79 Å². The second kappa shape index (κ2) is 10.3. The molecule has 0 saturated heterocycles. The summed E-state index contributed by atoms with van der Waals surface area (Å²) in [6, 6.07) is 43.8. The van der Waals surface area contributed by atoms with Crippen LogP contribution in [0.25, 0.3) is 0 Å². The molecule has 0 radical (unpaired) electrons. The Labute approximate surface area is 185 Å². The minimum atomic E-state index is -5.19. The molecule has 0 saturated carbocycles. The third kappa shape index (κ3) is 5.06. The van der Waals surface area contributed by atoms with Crippen LogP contribution in [0.4, 0.5) is 13.2 Å².